The highest BCUT2D eigenvalue weighted by molar-refractivity contribution is 5.70. The number of H-pyrrole nitrogens is 1. The molecule has 0 atom stereocenters. The van der Waals surface area contributed by atoms with Crippen molar-refractivity contribution in [2.75, 3.05) is 5.32 Å². The van der Waals surface area contributed by atoms with Gasteiger partial charge in [-0.1, -0.05) is 36.4 Å². The molecule has 0 amide bonds. The van der Waals surface area contributed by atoms with Crippen molar-refractivity contribution in [3.05, 3.63) is 85.8 Å². The van der Waals surface area contributed by atoms with E-state index in [1.54, 1.807) is 0 Å². The predicted octanol–water partition coefficient (Wildman–Crippen LogP) is 4.04. The fourth-order valence-corrected chi connectivity index (χ4v) is 5.20. The van der Waals surface area contributed by atoms with Crippen LogP contribution in [-0.2, 0) is 32.1 Å². The van der Waals surface area contributed by atoms with Gasteiger partial charge in [0, 0.05) is 17.7 Å². The second-order valence-corrected chi connectivity index (χ2v) is 8.71. The van der Waals surface area contributed by atoms with Crippen molar-refractivity contribution in [2.24, 2.45) is 0 Å². The summed E-state index contributed by atoms with van der Waals surface area (Å²) in [4.78, 5) is 22.5. The van der Waals surface area contributed by atoms with Gasteiger partial charge in [0.1, 0.15) is 0 Å². The maximum atomic E-state index is 13.2. The number of aromatic nitrogens is 4. The van der Waals surface area contributed by atoms with Crippen molar-refractivity contribution in [1.82, 2.24) is 19.6 Å². The van der Waals surface area contributed by atoms with Crippen molar-refractivity contribution < 1.29 is 0 Å². The van der Waals surface area contributed by atoms with Gasteiger partial charge in [-0.05, 0) is 73.3 Å². The standard InChI is InChI=1S/C25H25N5O/c1-15-21(13-16-7-3-2-4-8-16)23(31)30-25(26-15)28-24(29-30)27-22-19-11-5-9-17(19)14-18-10-6-12-20(18)22/h2-4,7-8,14H,5-6,9-13H2,1H3,(H2,26,27,28,29). The zero-order chi connectivity index (χ0) is 20.9. The second-order valence-electron chi connectivity index (χ2n) is 8.71. The number of rotatable bonds is 4. The van der Waals surface area contributed by atoms with Crippen LogP contribution in [0.5, 0.6) is 0 Å². The second kappa shape index (κ2) is 7.08. The number of nitrogens with zero attached hydrogens (tertiary/aromatic N) is 3. The molecule has 0 aliphatic heterocycles. The molecule has 0 unspecified atom stereocenters. The minimum atomic E-state index is -0.0876. The molecule has 2 aromatic carbocycles. The van der Waals surface area contributed by atoms with Gasteiger partial charge >= 0.3 is 0 Å². The first-order chi connectivity index (χ1) is 15.2. The topological polar surface area (TPSA) is 75.1 Å². The molecule has 0 saturated carbocycles. The van der Waals surface area contributed by atoms with Crippen LogP contribution in [0, 0.1) is 6.92 Å². The van der Waals surface area contributed by atoms with E-state index in [2.05, 4.69) is 26.4 Å². The Morgan fingerprint density at radius 2 is 1.71 bits per heavy atom. The Morgan fingerprint density at radius 3 is 2.42 bits per heavy atom. The molecule has 6 rings (SSSR count). The van der Waals surface area contributed by atoms with E-state index in [0.29, 0.717) is 23.7 Å². The van der Waals surface area contributed by atoms with E-state index >= 15 is 0 Å². The van der Waals surface area contributed by atoms with Crippen molar-refractivity contribution >= 4 is 17.4 Å². The molecule has 0 spiro atoms. The lowest BCUT2D eigenvalue weighted by atomic mass is 9.99. The lowest BCUT2D eigenvalue weighted by Crippen LogP contribution is -2.22. The van der Waals surface area contributed by atoms with Crippen LogP contribution in [0.4, 0.5) is 11.6 Å². The number of aromatic amines is 1. The quantitative estimate of drug-likeness (QED) is 0.532. The molecule has 4 aromatic rings. The van der Waals surface area contributed by atoms with Crippen LogP contribution in [0.25, 0.3) is 5.78 Å². The Balaban J connectivity index is 1.41. The summed E-state index contributed by atoms with van der Waals surface area (Å²) in [7, 11) is 0. The number of hydrogen-bond acceptors (Lipinski definition) is 4. The van der Waals surface area contributed by atoms with Crippen LogP contribution >= 0.6 is 0 Å². The number of benzene rings is 2. The first kappa shape index (κ1) is 18.4. The van der Waals surface area contributed by atoms with Crippen LogP contribution in [0.15, 0.2) is 41.2 Å². The number of fused-ring (bicyclic) bond motifs is 3. The molecule has 31 heavy (non-hydrogen) atoms. The van der Waals surface area contributed by atoms with E-state index in [1.807, 2.05) is 37.3 Å². The molecule has 0 fully saturated rings. The minimum Gasteiger partial charge on any atom is -0.324 e. The summed E-state index contributed by atoms with van der Waals surface area (Å²) in [6, 6.07) is 12.4. The Hall–Kier alpha value is -3.41. The Bertz CT molecular complexity index is 1330. The van der Waals surface area contributed by atoms with Gasteiger partial charge in [-0.2, -0.15) is 9.50 Å². The molecule has 2 aliphatic carbocycles. The molecule has 2 heterocycles. The molecule has 6 nitrogen and oxygen atoms in total. The van der Waals surface area contributed by atoms with E-state index in [1.165, 1.54) is 45.3 Å². The van der Waals surface area contributed by atoms with Gasteiger partial charge in [-0.15, -0.1) is 0 Å². The summed E-state index contributed by atoms with van der Waals surface area (Å²) < 4.78 is 1.47. The lowest BCUT2D eigenvalue weighted by Gasteiger charge is -2.15. The van der Waals surface area contributed by atoms with Gasteiger partial charge in [-0.3, -0.25) is 9.89 Å². The Labute approximate surface area is 180 Å². The Morgan fingerprint density at radius 1 is 1.00 bits per heavy atom. The Kier molecular flexibility index (Phi) is 4.19. The van der Waals surface area contributed by atoms with E-state index in [0.717, 1.165) is 36.9 Å². The molecule has 2 aliphatic rings. The highest BCUT2D eigenvalue weighted by Gasteiger charge is 2.25. The van der Waals surface area contributed by atoms with Crippen LogP contribution < -0.4 is 10.9 Å². The zero-order valence-electron chi connectivity index (χ0n) is 17.7. The van der Waals surface area contributed by atoms with Crippen LogP contribution in [0.3, 0.4) is 0 Å². The summed E-state index contributed by atoms with van der Waals surface area (Å²) in [6.45, 7) is 1.89. The van der Waals surface area contributed by atoms with Crippen LogP contribution in [0.1, 0.15) is 51.9 Å². The third kappa shape index (κ3) is 3.05. The molecule has 156 valence electrons. The van der Waals surface area contributed by atoms with E-state index < -0.39 is 0 Å². The normalized spacial score (nSPS) is 14.7. The molecular formula is C25H25N5O. The number of aryl methyl sites for hydroxylation is 3. The largest absolute Gasteiger partial charge is 0.324 e. The number of nitrogens with one attached hydrogen (secondary N) is 2. The summed E-state index contributed by atoms with van der Waals surface area (Å²) in [5, 5.41) is 6.71. The molecule has 0 bridgehead atoms. The molecule has 2 N–H and O–H groups in total. The van der Waals surface area contributed by atoms with E-state index in [-0.39, 0.29) is 5.56 Å². The molecule has 6 heteroatoms. The molecule has 0 saturated heterocycles. The average Bonchev–Trinajstić information content (AvgIpc) is 3.51. The fraction of sp³-hybridized carbons (Fsp3) is 0.320. The van der Waals surface area contributed by atoms with Crippen molar-refractivity contribution in [2.45, 2.75) is 51.9 Å². The minimum absolute atomic E-state index is 0.0876. The summed E-state index contributed by atoms with van der Waals surface area (Å²) in [6.07, 6.45) is 7.48. The van der Waals surface area contributed by atoms with Gasteiger partial charge in [-0.25, -0.2) is 4.98 Å². The maximum Gasteiger partial charge on any atom is 0.277 e. The first-order valence-corrected chi connectivity index (χ1v) is 11.1. The van der Waals surface area contributed by atoms with Gasteiger partial charge in [0.15, 0.2) is 0 Å². The summed E-state index contributed by atoms with van der Waals surface area (Å²) >= 11 is 0. The van der Waals surface area contributed by atoms with Crippen molar-refractivity contribution in [3.63, 3.8) is 0 Å². The van der Waals surface area contributed by atoms with E-state index in [4.69, 9.17) is 0 Å². The van der Waals surface area contributed by atoms with Gasteiger partial charge in [0.25, 0.3) is 11.3 Å². The summed E-state index contributed by atoms with van der Waals surface area (Å²) in [5.74, 6) is 0.987. The lowest BCUT2D eigenvalue weighted by molar-refractivity contribution is 0.860. The van der Waals surface area contributed by atoms with Gasteiger partial charge < -0.3 is 5.32 Å². The smallest absolute Gasteiger partial charge is 0.277 e. The van der Waals surface area contributed by atoms with E-state index in [9.17, 15) is 4.79 Å². The number of anilines is 2. The third-order valence-electron chi connectivity index (χ3n) is 6.74. The average molecular weight is 412 g/mol. The van der Waals surface area contributed by atoms with Crippen molar-refractivity contribution in [1.29, 1.82) is 0 Å². The monoisotopic (exact) mass is 411 g/mol. The van der Waals surface area contributed by atoms with Crippen LogP contribution in [-0.4, -0.2) is 19.6 Å². The highest BCUT2D eigenvalue weighted by atomic mass is 16.1. The van der Waals surface area contributed by atoms with Gasteiger partial charge in [0.2, 0.25) is 5.95 Å². The fourth-order valence-electron chi connectivity index (χ4n) is 5.20. The number of hydrogen-bond donors (Lipinski definition) is 2. The maximum absolute atomic E-state index is 13.2. The van der Waals surface area contributed by atoms with Gasteiger partial charge in [0.05, 0.1) is 5.69 Å². The molecule has 2 aromatic heterocycles. The molecular weight excluding hydrogens is 386 g/mol. The highest BCUT2D eigenvalue weighted by Crippen LogP contribution is 2.39. The predicted molar refractivity (Wildman–Crippen MR) is 121 cm³/mol. The zero-order valence-corrected chi connectivity index (χ0v) is 17.7. The van der Waals surface area contributed by atoms with Crippen molar-refractivity contribution in [3.8, 4) is 0 Å². The SMILES string of the molecule is Cc1nc2nc(Nc3c4c(cc5c3CCC5)CCC4)[nH]n2c(=O)c1Cc1ccccc1. The van der Waals surface area contributed by atoms with Crippen LogP contribution in [0.2, 0.25) is 0 Å². The third-order valence-corrected chi connectivity index (χ3v) is 6.74. The first-order valence-electron chi connectivity index (χ1n) is 11.1. The summed E-state index contributed by atoms with van der Waals surface area (Å²) in [5.41, 5.74) is 9.41. The molecule has 0 radical (unpaired) electrons.